The maximum atomic E-state index is 3.49. The molecule has 0 fully saturated rings. The summed E-state index contributed by atoms with van der Waals surface area (Å²) in [7, 11) is 0. The molecule has 0 bridgehead atoms. The van der Waals surface area contributed by atoms with Gasteiger partial charge in [-0.25, -0.2) is 0 Å². The SMILES string of the molecule is C.C.C.[Ar].[Ar].[Ar].[Ar].[Ar].[Ar].[Ar].[Ar].[CH2-]C.[CH2-]CC.[CH2-]CC.[CH2-]CC.[CH3-].[CH3-].[Pt+2].[Pt+2].[V+2].[W].[W].[Y].[Y]. The van der Waals surface area contributed by atoms with E-state index in [0.717, 1.165) is 19.3 Å². The molecule has 0 nitrogen and oxygen atoms in total. The Bertz CT molecular complexity index is 64.3. The van der Waals surface area contributed by atoms with Gasteiger partial charge < -0.3 is 42.5 Å². The number of hydrogen-bond donors (Lipinski definition) is 0. The largest absolute Gasteiger partial charge is 2.00 e. The van der Waals surface area contributed by atoms with E-state index in [1.165, 1.54) is 0 Å². The van der Waals surface area contributed by atoms with Crippen LogP contribution in [0.25, 0.3) is 0 Å². The fourth-order valence-electron chi connectivity index (χ4n) is 0. The van der Waals surface area contributed by atoms with Gasteiger partial charge in [-0.3, -0.25) is 0 Å². The second kappa shape index (κ2) is 262. The molecule has 0 aliphatic carbocycles. The van der Waals surface area contributed by atoms with Gasteiger partial charge in [0.15, 0.2) is 0 Å². The summed E-state index contributed by atoms with van der Waals surface area (Å²) in [6, 6.07) is 0. The van der Waals surface area contributed by atoms with E-state index >= 15 is 0 Å². The van der Waals surface area contributed by atoms with Crippen LogP contribution >= 0.6 is 0 Å². The molecule has 31 heavy (non-hydrogen) atoms. The van der Waals surface area contributed by atoms with Crippen LogP contribution in [0.2, 0.25) is 0 Å². The summed E-state index contributed by atoms with van der Waals surface area (Å²) in [6.07, 6.45) is 3.00. The molecule has 0 heterocycles. The van der Waals surface area contributed by atoms with Gasteiger partial charge in [-0.2, -0.15) is 26.2 Å². The zero-order valence-electron chi connectivity index (χ0n) is 16.8. The van der Waals surface area contributed by atoms with Crippen molar-refractivity contribution >= 4 is 0 Å². The van der Waals surface area contributed by atoms with E-state index in [0.29, 0.717) is 0 Å². The standard InChI is InChI=1S/3C3H7.C2H5.3CH4.2CH3.8Ar.2Pt.V.2W.2Y/c3*1-3-2;1-2;;;;;;;;;;;;;;;;;;;;/h3*1,3H2,2H3;1H2,2H3;3*1H4;2*1H3;;;;;;;;;;;;;;;/q4*-1;;;;2*-1;;;;;;;;;3*+2;;;;. The molecule has 0 aromatic rings. The van der Waals surface area contributed by atoms with Crippen LogP contribution < -0.4 is 0 Å². The summed E-state index contributed by atoms with van der Waals surface area (Å²) < 4.78 is 0. The molecule has 0 aromatic carbocycles. The first kappa shape index (κ1) is 190. The second-order valence-electron chi connectivity index (χ2n) is 1.50. The molecule has 0 atom stereocenters. The Morgan fingerprint density at radius 3 is 0.452 bits per heavy atom. The summed E-state index contributed by atoms with van der Waals surface area (Å²) in [5.74, 6) is 0. The molecule has 0 saturated heterocycles. The molecular weight excluding hydrogens is 1500 g/mol. The average Bonchev–Trinajstić information content (AvgIpc) is 1.96. The maximum absolute atomic E-state index is 3.49. The minimum Gasteiger partial charge on any atom is -0.358 e. The Kier molecular flexibility index (Phi) is 1600. The molecule has 0 saturated carbocycles. The van der Waals surface area contributed by atoms with E-state index in [1.54, 1.807) is 6.92 Å². The monoisotopic (exact) mass is 1540 g/mol. The first-order valence-corrected chi connectivity index (χ1v) is 4.33. The van der Waals surface area contributed by atoms with E-state index in [9.17, 15) is 0 Å². The number of hydrogen-bond acceptors (Lipinski definition) is 0. The normalized spacial score (nSPS) is 1.94. The van der Waals surface area contributed by atoms with Crippen LogP contribution in [0.1, 0.15) is 69.2 Å². The quantitative estimate of drug-likeness (QED) is 0.224. The van der Waals surface area contributed by atoms with Crippen LogP contribution in [-0.2, 0) is 168 Å². The van der Waals surface area contributed by atoms with Crippen molar-refractivity contribution in [3.63, 3.8) is 0 Å². The molecule has 0 aromatic heterocycles. The van der Waals surface area contributed by atoms with Crippen molar-refractivity contribution in [3.8, 4) is 0 Å². The molecule has 3 radical (unpaired) electrons. The first-order chi connectivity index (χ1) is 5.24. The van der Waals surface area contributed by atoms with Gasteiger partial charge in [-0.05, 0) is 0 Å². The van der Waals surface area contributed by atoms with Gasteiger partial charge in [0, 0.05) is 409 Å². The maximum Gasteiger partial charge on any atom is 2.00 e. The molecule has 0 unspecified atom stereocenters. The van der Waals surface area contributed by atoms with Gasteiger partial charge in [-0.15, -0.1) is 0 Å². The molecule has 0 aliphatic rings. The molecule has 0 N–H and O–H groups in total. The van der Waals surface area contributed by atoms with Crippen LogP contribution in [0.4, 0.5) is 0 Å². The third kappa shape index (κ3) is 356. The van der Waals surface area contributed by atoms with Gasteiger partial charge in [0.05, 0.1) is 0 Å². The fraction of sp³-hybridized carbons (Fsp3) is 0.625. The van der Waals surface area contributed by atoms with E-state index in [-0.39, 0.29) is 507 Å². The minimum atomic E-state index is 0. The predicted octanol–water partition coefficient (Wildman–Crippen LogP) is 7.32. The first-order valence-electron chi connectivity index (χ1n) is 4.33. The van der Waals surface area contributed by atoms with Crippen molar-refractivity contribution in [2.75, 3.05) is 0 Å². The van der Waals surface area contributed by atoms with Crippen LogP contribution in [0.15, 0.2) is 0 Å². The molecule has 0 aliphatic heterocycles. The molecule has 0 spiro atoms. The van der Waals surface area contributed by atoms with Gasteiger partial charge in [0.25, 0.3) is 0 Å². The summed E-state index contributed by atoms with van der Waals surface area (Å²) in [4.78, 5) is 0. The third-order valence-electron chi connectivity index (χ3n) is 0. The van der Waals surface area contributed by atoms with Crippen molar-refractivity contribution < 1.29 is 470 Å². The fourth-order valence-corrected chi connectivity index (χ4v) is 0. The van der Waals surface area contributed by atoms with Crippen LogP contribution in [0.3, 0.4) is 0 Å². The van der Waals surface area contributed by atoms with E-state index in [2.05, 4.69) is 27.7 Å². The zero-order valence-corrected chi connectivity index (χ0v) is 40.0. The zero-order chi connectivity index (χ0) is 10.1. The second-order valence-corrected chi connectivity index (χ2v) is 1.50. The summed E-state index contributed by atoms with van der Waals surface area (Å²) in [5.41, 5.74) is 0. The smallest absolute Gasteiger partial charge is 0.358 e. The molecule has 215 valence electrons. The predicted molar refractivity (Wildman–Crippen MR) is 91.0 cm³/mol. The third-order valence-corrected chi connectivity index (χ3v) is 0. The Morgan fingerprint density at radius 2 is 0.452 bits per heavy atom. The van der Waals surface area contributed by atoms with Crippen molar-refractivity contribution in [1.82, 2.24) is 0 Å². The minimum absolute atomic E-state index is 0. The van der Waals surface area contributed by atoms with E-state index < -0.39 is 0 Å². The van der Waals surface area contributed by atoms with E-state index in [1.807, 2.05) is 20.8 Å². The Labute approximate surface area is 564 Å². The van der Waals surface area contributed by atoms with Crippen LogP contribution in [0, 0.1) is 344 Å². The van der Waals surface area contributed by atoms with Crippen molar-refractivity contribution in [2.45, 2.75) is 69.2 Å². The summed E-state index contributed by atoms with van der Waals surface area (Å²) >= 11 is 0. The molecular formula is C16H44Ar8Pt2VW2Y2. The van der Waals surface area contributed by atoms with Crippen molar-refractivity contribution in [1.29, 1.82) is 0 Å². The van der Waals surface area contributed by atoms with E-state index in [4.69, 9.17) is 0 Å². The Morgan fingerprint density at radius 1 is 0.452 bits per heavy atom. The molecule has 0 rings (SSSR count). The van der Waals surface area contributed by atoms with Gasteiger partial charge in [0.1, 0.15) is 0 Å². The molecule has 15 heteroatoms. The van der Waals surface area contributed by atoms with Crippen LogP contribution in [0.5, 0.6) is 0 Å². The topological polar surface area (TPSA) is 0 Å². The van der Waals surface area contributed by atoms with Gasteiger partial charge in [0.2, 0.25) is 0 Å². The van der Waals surface area contributed by atoms with Crippen molar-refractivity contribution in [3.05, 3.63) is 42.5 Å². The summed E-state index contributed by atoms with van der Waals surface area (Å²) in [5, 5.41) is 0. The number of rotatable bonds is 0. The summed E-state index contributed by atoms with van der Waals surface area (Å²) in [6.45, 7) is 21.5. The molecule has 0 amide bonds. The Hall–Kier alpha value is 15.6. The average molecular weight is 1540 g/mol. The van der Waals surface area contributed by atoms with Crippen molar-refractivity contribution in [2.24, 2.45) is 0 Å². The van der Waals surface area contributed by atoms with Gasteiger partial charge >= 0.3 is 60.7 Å². The Balaban J connectivity index is -0.000000000792. The van der Waals surface area contributed by atoms with Gasteiger partial charge in [-0.1, -0.05) is 43.1 Å². The van der Waals surface area contributed by atoms with Crippen LogP contribution in [-0.4, -0.2) is 0 Å².